The van der Waals surface area contributed by atoms with E-state index in [9.17, 15) is 14.4 Å². The van der Waals surface area contributed by atoms with Crippen LogP contribution >= 0.6 is 0 Å². The number of hydrogen-bond acceptors (Lipinski definition) is 7. The number of aryl methyl sites for hydroxylation is 3. The van der Waals surface area contributed by atoms with Crippen molar-refractivity contribution in [2.75, 3.05) is 42.8 Å². The molecule has 12 heteroatoms. The maximum Gasteiger partial charge on any atom is 0.291 e. The Balaban J connectivity index is 1.14. The monoisotopic (exact) mass is 561 g/mol. The number of carbonyl (C=O) groups is 3. The van der Waals surface area contributed by atoms with Gasteiger partial charge in [0.2, 0.25) is 11.7 Å². The van der Waals surface area contributed by atoms with Gasteiger partial charge in [-0.05, 0) is 31.9 Å². The summed E-state index contributed by atoms with van der Waals surface area (Å²) in [6, 6.07) is 5.42. The van der Waals surface area contributed by atoms with E-state index in [0.29, 0.717) is 53.8 Å². The predicted molar refractivity (Wildman–Crippen MR) is 155 cm³/mol. The molecule has 0 unspecified atom stereocenters. The Morgan fingerprint density at radius 3 is 2.68 bits per heavy atom. The number of fused-ring (bicyclic) bond motifs is 2. The quantitative estimate of drug-likeness (QED) is 0.270. The molecule has 3 amide bonds. The van der Waals surface area contributed by atoms with Crippen molar-refractivity contribution in [3.05, 3.63) is 59.8 Å². The van der Waals surface area contributed by atoms with Crippen molar-refractivity contribution in [2.45, 2.75) is 32.2 Å². The molecule has 0 radical (unpaired) electrons. The van der Waals surface area contributed by atoms with Gasteiger partial charge in [0.1, 0.15) is 0 Å². The van der Waals surface area contributed by atoms with Crippen LogP contribution in [0.5, 0.6) is 11.5 Å². The molecule has 1 fully saturated rings. The van der Waals surface area contributed by atoms with E-state index in [1.54, 1.807) is 29.9 Å². The van der Waals surface area contributed by atoms with Crippen LogP contribution < -0.4 is 25.4 Å². The highest BCUT2D eigenvalue weighted by molar-refractivity contribution is 6.03. The second-order valence-electron chi connectivity index (χ2n) is 10.5. The first-order valence-electron chi connectivity index (χ1n) is 13.5. The minimum Gasteiger partial charge on any atom is -0.493 e. The maximum atomic E-state index is 13.2. The molecule has 1 atom stereocenters. The second-order valence-corrected chi connectivity index (χ2v) is 10.5. The average molecular weight is 562 g/mol. The van der Waals surface area contributed by atoms with Gasteiger partial charge in [-0.15, -0.1) is 0 Å². The van der Waals surface area contributed by atoms with E-state index in [4.69, 9.17) is 9.47 Å². The largest absolute Gasteiger partial charge is 0.493 e. The summed E-state index contributed by atoms with van der Waals surface area (Å²) in [5.74, 6) is 0.736. The van der Waals surface area contributed by atoms with Crippen LogP contribution in [0.4, 0.5) is 17.2 Å². The molecule has 0 aliphatic carbocycles. The van der Waals surface area contributed by atoms with Crippen molar-refractivity contribution >= 4 is 34.9 Å². The Labute approximate surface area is 238 Å². The zero-order valence-corrected chi connectivity index (χ0v) is 23.7. The molecule has 4 heterocycles. The van der Waals surface area contributed by atoms with Crippen molar-refractivity contribution < 1.29 is 23.9 Å². The molecular weight excluding hydrogens is 526 g/mol. The maximum absolute atomic E-state index is 13.2. The molecule has 5 rings (SSSR count). The van der Waals surface area contributed by atoms with Gasteiger partial charge in [0.25, 0.3) is 11.8 Å². The summed E-state index contributed by atoms with van der Waals surface area (Å²) in [5.41, 5.74) is 3.96. The molecule has 2 aliphatic heterocycles. The number of ether oxygens (including phenoxy) is 2. The number of amides is 3. The number of imidazole rings is 1. The Hall–Kier alpha value is -4.74. The molecule has 2 aromatic heterocycles. The van der Waals surface area contributed by atoms with Crippen LogP contribution in [-0.4, -0.2) is 69.6 Å². The average Bonchev–Trinajstić information content (AvgIpc) is 3.57. The van der Waals surface area contributed by atoms with Crippen LogP contribution in [0, 0.1) is 6.92 Å². The summed E-state index contributed by atoms with van der Waals surface area (Å²) < 4.78 is 14.9. The van der Waals surface area contributed by atoms with Crippen LogP contribution in [0.2, 0.25) is 0 Å². The number of benzene rings is 1. The third kappa shape index (κ3) is 5.91. The molecule has 0 spiro atoms. The summed E-state index contributed by atoms with van der Waals surface area (Å²) >= 11 is 0. The van der Waals surface area contributed by atoms with Gasteiger partial charge in [-0.2, -0.15) is 0 Å². The van der Waals surface area contributed by atoms with Gasteiger partial charge in [-0.1, -0.05) is 12.2 Å². The smallest absolute Gasteiger partial charge is 0.291 e. The molecule has 3 N–H and O–H groups in total. The van der Waals surface area contributed by atoms with Crippen LogP contribution in [-0.2, 0) is 18.9 Å². The number of aromatic nitrogens is 3. The fourth-order valence-electron chi connectivity index (χ4n) is 5.12. The third-order valence-electron chi connectivity index (χ3n) is 7.35. The lowest BCUT2D eigenvalue weighted by Gasteiger charge is -2.21. The van der Waals surface area contributed by atoms with Crippen molar-refractivity contribution in [3.8, 4) is 11.5 Å². The summed E-state index contributed by atoms with van der Waals surface area (Å²) in [6.07, 6.45) is 4.82. The van der Waals surface area contributed by atoms with Gasteiger partial charge in [0.05, 0.1) is 36.7 Å². The first kappa shape index (κ1) is 27.8. The van der Waals surface area contributed by atoms with Crippen molar-refractivity contribution in [3.63, 3.8) is 0 Å². The lowest BCUT2D eigenvalue weighted by molar-refractivity contribution is -0.116. The molecule has 1 saturated heterocycles. The molecule has 1 aromatic carbocycles. The van der Waals surface area contributed by atoms with E-state index in [0.717, 1.165) is 17.7 Å². The zero-order valence-electron chi connectivity index (χ0n) is 23.7. The van der Waals surface area contributed by atoms with E-state index in [2.05, 4.69) is 27.5 Å². The minimum absolute atomic E-state index is 0.0551. The molecule has 2 aliphatic rings. The van der Waals surface area contributed by atoms with E-state index in [1.807, 2.05) is 35.7 Å². The highest BCUT2D eigenvalue weighted by atomic mass is 16.5. The van der Waals surface area contributed by atoms with Crippen LogP contribution in [0.15, 0.2) is 42.7 Å². The lowest BCUT2D eigenvalue weighted by Crippen LogP contribution is -2.36. The van der Waals surface area contributed by atoms with Crippen molar-refractivity contribution in [1.82, 2.24) is 19.0 Å². The number of nitrogens with one attached hydrogen (secondary N) is 3. The summed E-state index contributed by atoms with van der Waals surface area (Å²) in [5, 5.41) is 8.92. The van der Waals surface area contributed by atoms with Gasteiger partial charge in [0, 0.05) is 57.8 Å². The van der Waals surface area contributed by atoms with Gasteiger partial charge >= 0.3 is 0 Å². The molecule has 12 nitrogen and oxygen atoms in total. The number of hydrogen-bond donors (Lipinski definition) is 3. The highest BCUT2D eigenvalue weighted by Gasteiger charge is 2.35. The van der Waals surface area contributed by atoms with Gasteiger partial charge in [0.15, 0.2) is 17.3 Å². The number of anilines is 3. The van der Waals surface area contributed by atoms with Crippen molar-refractivity contribution in [1.29, 1.82) is 0 Å². The van der Waals surface area contributed by atoms with Crippen LogP contribution in [0.1, 0.15) is 45.9 Å². The fraction of sp³-hybridized carbons (Fsp3) is 0.379. The Morgan fingerprint density at radius 1 is 1.15 bits per heavy atom. The Bertz CT molecular complexity index is 1500. The first-order valence-corrected chi connectivity index (χ1v) is 13.5. The number of nitrogens with zero attached hydrogens (tertiary/aromatic N) is 4. The molecule has 216 valence electrons. The molecule has 0 bridgehead atoms. The standard InChI is InChI=1S/C29H35N7O5/c1-17-9-20-13-30-22-12-24(23(40-5)11-21(22)29(39)36(20)14-17)41-8-6-7-26(37)32-25-16-35(4)27(33-25)28(38)31-19-10-18(2)34(3)15-19/h10-12,15-16,20,30H,1,6-9,13-14H2,2-5H3,(H,31,38)(H,32,37)/t20-/m0/s1. The lowest BCUT2D eigenvalue weighted by atomic mass is 10.1. The third-order valence-corrected chi connectivity index (χ3v) is 7.35. The Morgan fingerprint density at radius 2 is 1.95 bits per heavy atom. The molecular formula is C29H35N7O5. The summed E-state index contributed by atoms with van der Waals surface area (Å²) in [4.78, 5) is 44.5. The van der Waals surface area contributed by atoms with E-state index in [-0.39, 0.29) is 42.6 Å². The van der Waals surface area contributed by atoms with Crippen LogP contribution in [0.3, 0.4) is 0 Å². The molecule has 41 heavy (non-hydrogen) atoms. The second kappa shape index (κ2) is 11.4. The van der Waals surface area contributed by atoms with Crippen LogP contribution in [0.25, 0.3) is 0 Å². The summed E-state index contributed by atoms with van der Waals surface area (Å²) in [6.45, 7) is 7.44. The SMILES string of the molecule is C=C1C[C@H]2CNc3cc(OCCCC(=O)Nc4cn(C)c(C(=O)Nc5cc(C)n(C)c5)n4)c(OC)cc3C(=O)N2C1. The number of carbonyl (C=O) groups excluding carboxylic acids is 3. The first-order chi connectivity index (χ1) is 19.6. The highest BCUT2D eigenvalue weighted by Crippen LogP contribution is 2.37. The summed E-state index contributed by atoms with van der Waals surface area (Å²) in [7, 11) is 5.12. The number of methoxy groups -OCH3 is 1. The molecule has 3 aromatic rings. The van der Waals surface area contributed by atoms with E-state index >= 15 is 0 Å². The van der Waals surface area contributed by atoms with Gasteiger partial charge in [-0.25, -0.2) is 4.98 Å². The Kier molecular flexibility index (Phi) is 7.73. The van der Waals surface area contributed by atoms with E-state index in [1.165, 1.54) is 7.11 Å². The zero-order chi connectivity index (χ0) is 29.3. The molecule has 0 saturated carbocycles. The topological polar surface area (TPSA) is 132 Å². The van der Waals surface area contributed by atoms with Crippen molar-refractivity contribution in [2.24, 2.45) is 14.1 Å². The minimum atomic E-state index is -0.372. The van der Waals surface area contributed by atoms with Gasteiger partial charge < -0.3 is 39.5 Å². The fourth-order valence-corrected chi connectivity index (χ4v) is 5.12. The van der Waals surface area contributed by atoms with Gasteiger partial charge in [-0.3, -0.25) is 14.4 Å². The predicted octanol–water partition coefficient (Wildman–Crippen LogP) is 3.32. The van der Waals surface area contributed by atoms with E-state index < -0.39 is 0 Å². The number of rotatable bonds is 9. The normalized spacial score (nSPS) is 16.0.